The molecule has 1 N–H and O–H groups in total. The number of ether oxygens (including phenoxy) is 2. The second kappa shape index (κ2) is 14.7. The van der Waals surface area contributed by atoms with E-state index in [4.69, 9.17) is 18.5 Å². The minimum absolute atomic E-state index is 0.0363. The number of nitrogens with zero attached hydrogens (tertiary/aromatic N) is 2. The van der Waals surface area contributed by atoms with Crippen molar-refractivity contribution in [1.82, 2.24) is 15.1 Å². The number of carbonyl (C=O) groups excluding carboxylic acids is 3. The number of rotatable bonds is 12. The van der Waals surface area contributed by atoms with E-state index in [2.05, 4.69) is 5.32 Å². The van der Waals surface area contributed by atoms with Crippen molar-refractivity contribution in [2.75, 3.05) is 52.2 Å². The first-order chi connectivity index (χ1) is 16.8. The maximum atomic E-state index is 13.3. The molecule has 1 aliphatic rings. The van der Waals surface area contributed by atoms with E-state index in [1.807, 2.05) is 30.3 Å². The predicted molar refractivity (Wildman–Crippen MR) is 129 cm³/mol. The third-order valence-electron chi connectivity index (χ3n) is 5.26. The molecule has 1 fully saturated rings. The minimum Gasteiger partial charge on any atom is -0.450 e. The van der Waals surface area contributed by atoms with Crippen LogP contribution < -0.4 is 5.32 Å². The van der Waals surface area contributed by atoms with Crippen molar-refractivity contribution in [2.24, 2.45) is 0 Å². The van der Waals surface area contributed by atoms with Crippen LogP contribution in [0.25, 0.3) is 0 Å². The van der Waals surface area contributed by atoms with E-state index in [1.165, 1.54) is 4.90 Å². The summed E-state index contributed by atoms with van der Waals surface area (Å²) in [5.74, 6) is -0.357. The van der Waals surface area contributed by atoms with E-state index in [0.717, 1.165) is 5.56 Å². The van der Waals surface area contributed by atoms with Gasteiger partial charge >= 0.3 is 19.8 Å². The lowest BCUT2D eigenvalue weighted by atomic mass is 10.1. The Balaban J connectivity index is 2.04. The quantitative estimate of drug-likeness (QED) is 0.423. The number of nitrogens with one attached hydrogen (secondary N) is 1. The molecule has 1 aromatic rings. The summed E-state index contributed by atoms with van der Waals surface area (Å²) in [5.41, 5.74) is 0.804. The molecule has 2 rings (SSSR count). The van der Waals surface area contributed by atoms with Gasteiger partial charge in [-0.25, -0.2) is 9.59 Å². The highest BCUT2D eigenvalue weighted by Crippen LogP contribution is 2.48. The van der Waals surface area contributed by atoms with Crippen LogP contribution in [0.2, 0.25) is 0 Å². The van der Waals surface area contributed by atoms with Gasteiger partial charge in [-0.1, -0.05) is 30.3 Å². The third-order valence-corrected chi connectivity index (χ3v) is 7.37. The van der Waals surface area contributed by atoms with E-state index >= 15 is 0 Å². The van der Waals surface area contributed by atoms with E-state index < -0.39 is 25.8 Å². The molecule has 1 atom stereocenters. The Morgan fingerprint density at radius 3 is 2.09 bits per heavy atom. The van der Waals surface area contributed by atoms with Gasteiger partial charge < -0.3 is 33.6 Å². The number of carbonyl (C=O) groups is 3. The van der Waals surface area contributed by atoms with Crippen molar-refractivity contribution in [2.45, 2.75) is 39.8 Å². The molecule has 0 radical (unpaired) electrons. The van der Waals surface area contributed by atoms with Gasteiger partial charge in [0.15, 0.2) is 0 Å². The van der Waals surface area contributed by atoms with Crippen molar-refractivity contribution in [1.29, 1.82) is 0 Å². The van der Waals surface area contributed by atoms with Crippen molar-refractivity contribution >= 4 is 25.7 Å². The molecule has 1 aromatic carbocycles. The molecule has 0 spiro atoms. The highest BCUT2D eigenvalue weighted by molar-refractivity contribution is 7.53. The van der Waals surface area contributed by atoms with Gasteiger partial charge in [0.25, 0.3) is 0 Å². The van der Waals surface area contributed by atoms with Crippen LogP contribution in [0.5, 0.6) is 0 Å². The number of alkyl carbamates (subject to hydrolysis) is 1. The summed E-state index contributed by atoms with van der Waals surface area (Å²) >= 11 is 0. The number of benzene rings is 1. The summed E-state index contributed by atoms with van der Waals surface area (Å²) in [7, 11) is -3.42. The van der Waals surface area contributed by atoms with Crippen molar-refractivity contribution in [3.05, 3.63) is 35.9 Å². The lowest BCUT2D eigenvalue weighted by Crippen LogP contribution is -2.56. The molecular weight excluding hydrogens is 477 g/mol. The molecule has 196 valence electrons. The first kappa shape index (κ1) is 28.6. The minimum atomic E-state index is -3.42. The highest BCUT2D eigenvalue weighted by Gasteiger charge is 2.33. The molecule has 12 heteroatoms. The van der Waals surface area contributed by atoms with E-state index in [0.29, 0.717) is 13.1 Å². The van der Waals surface area contributed by atoms with Crippen molar-refractivity contribution in [3.8, 4) is 0 Å². The first-order valence-corrected chi connectivity index (χ1v) is 13.6. The van der Waals surface area contributed by atoms with Gasteiger partial charge in [0.2, 0.25) is 5.91 Å². The smallest absolute Gasteiger partial charge is 0.409 e. The molecule has 0 saturated carbocycles. The van der Waals surface area contributed by atoms with Crippen LogP contribution >= 0.6 is 7.60 Å². The number of piperazine rings is 1. The molecule has 0 aromatic heterocycles. The summed E-state index contributed by atoms with van der Waals surface area (Å²) in [6.45, 7) is 7.03. The fourth-order valence-electron chi connectivity index (χ4n) is 3.56. The molecule has 0 unspecified atom stereocenters. The maximum Gasteiger partial charge on any atom is 0.409 e. The summed E-state index contributed by atoms with van der Waals surface area (Å²) in [5, 5.41) is 2.61. The van der Waals surface area contributed by atoms with Gasteiger partial charge in [0.05, 0.1) is 26.0 Å². The fourth-order valence-corrected chi connectivity index (χ4v) is 5.25. The van der Waals surface area contributed by atoms with E-state index in [1.54, 1.807) is 25.7 Å². The Labute approximate surface area is 206 Å². The number of hydrogen-bond acceptors (Lipinski definition) is 8. The van der Waals surface area contributed by atoms with Crippen molar-refractivity contribution in [3.63, 3.8) is 0 Å². The molecule has 3 amide bonds. The van der Waals surface area contributed by atoms with Gasteiger partial charge in [-0.05, 0) is 32.8 Å². The van der Waals surface area contributed by atoms with Gasteiger partial charge in [0.1, 0.15) is 12.6 Å². The summed E-state index contributed by atoms with van der Waals surface area (Å²) in [6.07, 6.45) is -1.20. The number of amides is 3. The zero-order chi connectivity index (χ0) is 25.7. The zero-order valence-electron chi connectivity index (χ0n) is 20.6. The lowest BCUT2D eigenvalue weighted by Gasteiger charge is -2.36. The van der Waals surface area contributed by atoms with E-state index in [9.17, 15) is 18.9 Å². The van der Waals surface area contributed by atoms with Crippen molar-refractivity contribution < 1.29 is 37.5 Å². The molecule has 1 aliphatic heterocycles. The van der Waals surface area contributed by atoms with Crippen LogP contribution in [0, 0.1) is 0 Å². The highest BCUT2D eigenvalue weighted by atomic mass is 31.2. The standard InChI is InChI=1S/C23H36N3O8P/c1-4-31-23(29)26-15-13-25(14-16-26)21(27)20(12-17-35(30,33-5-2)34-6-3)24-22(28)32-18-19-10-8-7-9-11-19/h7-11,20H,4-6,12-18H2,1-3H3,(H,24,28)/t20-/m1/s1. The fraction of sp³-hybridized carbons (Fsp3) is 0.609. The Kier molecular flexibility index (Phi) is 12.0. The van der Waals surface area contributed by atoms with Gasteiger partial charge in [-0.3, -0.25) is 9.36 Å². The zero-order valence-corrected chi connectivity index (χ0v) is 21.5. The Morgan fingerprint density at radius 1 is 0.914 bits per heavy atom. The van der Waals surface area contributed by atoms with Gasteiger partial charge in [-0.2, -0.15) is 0 Å². The van der Waals surface area contributed by atoms with Crippen LogP contribution in [0.15, 0.2) is 30.3 Å². The normalized spacial score (nSPS) is 14.8. The Bertz CT molecular complexity index is 852. The van der Waals surface area contributed by atoms with Crippen LogP contribution in [0.1, 0.15) is 32.8 Å². The summed E-state index contributed by atoms with van der Waals surface area (Å²) in [6, 6.07) is 8.16. The molecule has 11 nitrogen and oxygen atoms in total. The molecular formula is C23H36N3O8P. The average Bonchev–Trinajstić information content (AvgIpc) is 2.86. The SMILES string of the molecule is CCOC(=O)N1CCN(C(=O)[C@@H](CCP(=O)(OCC)OCC)NC(=O)OCc2ccccc2)CC1. The van der Waals surface area contributed by atoms with Crippen LogP contribution in [-0.4, -0.2) is 86.1 Å². The lowest BCUT2D eigenvalue weighted by molar-refractivity contribution is -0.135. The summed E-state index contributed by atoms with van der Waals surface area (Å²) in [4.78, 5) is 40.8. The Morgan fingerprint density at radius 2 is 1.51 bits per heavy atom. The molecule has 0 aliphatic carbocycles. The molecule has 0 bridgehead atoms. The maximum absolute atomic E-state index is 13.3. The summed E-state index contributed by atoms with van der Waals surface area (Å²) < 4.78 is 33.9. The third kappa shape index (κ3) is 9.51. The van der Waals surface area contributed by atoms with Crippen LogP contribution in [-0.2, 0) is 34.5 Å². The monoisotopic (exact) mass is 513 g/mol. The van der Waals surface area contributed by atoms with Gasteiger partial charge in [0, 0.05) is 26.2 Å². The second-order valence-electron chi connectivity index (χ2n) is 7.73. The van der Waals surface area contributed by atoms with Crippen LogP contribution in [0.4, 0.5) is 9.59 Å². The van der Waals surface area contributed by atoms with Crippen LogP contribution in [0.3, 0.4) is 0 Å². The largest absolute Gasteiger partial charge is 0.450 e. The van der Waals surface area contributed by atoms with Gasteiger partial charge in [-0.15, -0.1) is 0 Å². The Hall–Kier alpha value is -2.62. The molecule has 1 heterocycles. The van der Waals surface area contributed by atoms with E-state index in [-0.39, 0.29) is 58.0 Å². The predicted octanol–water partition coefficient (Wildman–Crippen LogP) is 3.24. The first-order valence-electron chi connectivity index (χ1n) is 11.9. The second-order valence-corrected chi connectivity index (χ2v) is 9.91. The topological polar surface area (TPSA) is 124 Å². The molecule has 35 heavy (non-hydrogen) atoms. The number of hydrogen-bond donors (Lipinski definition) is 1. The molecule has 1 saturated heterocycles. The average molecular weight is 514 g/mol.